The Morgan fingerprint density at radius 2 is 0.340 bits per heavy atom. The summed E-state index contributed by atoms with van der Waals surface area (Å²) in [6.07, 6.45) is 61.6. The molecule has 0 aliphatic rings. The highest BCUT2D eigenvalue weighted by molar-refractivity contribution is 7.19. The first-order valence-electron chi connectivity index (χ1n) is 23.0. The maximum atomic E-state index is 3.44. The smallest absolute Gasteiger partial charge is 0.0150 e. The van der Waals surface area contributed by atoms with E-state index in [0.29, 0.717) is 5.16 Å². The molecule has 0 fully saturated rings. The second kappa shape index (κ2) is 40.9. The van der Waals surface area contributed by atoms with Gasteiger partial charge in [0.2, 0.25) is 0 Å². The Morgan fingerprint density at radius 1 is 0.213 bits per heavy atom. The normalized spacial score (nSPS) is 12.0. The van der Waals surface area contributed by atoms with Crippen molar-refractivity contribution in [3.05, 3.63) is 0 Å². The molecule has 0 aromatic carbocycles. The molecule has 47 heavy (non-hydrogen) atoms. The lowest BCUT2D eigenvalue weighted by atomic mass is 9.88. The summed E-state index contributed by atoms with van der Waals surface area (Å²) in [6, 6.07) is 0. The van der Waals surface area contributed by atoms with Crippen molar-refractivity contribution in [2.45, 2.75) is 296 Å². The zero-order valence-electron chi connectivity index (χ0n) is 33.8. The molecule has 0 N–H and O–H groups in total. The molecule has 0 aromatic rings. The molecule has 0 saturated carbocycles. The van der Waals surface area contributed by atoms with E-state index in [-0.39, 0.29) is 0 Å². The molecule has 0 heterocycles. The molecule has 0 spiro atoms. The molecule has 0 aromatic heterocycles. The van der Waals surface area contributed by atoms with Crippen LogP contribution in [0.5, 0.6) is 0 Å². The van der Waals surface area contributed by atoms with Crippen molar-refractivity contribution in [3.8, 4) is 0 Å². The Bertz CT molecular complexity index is 513. The van der Waals surface area contributed by atoms with Gasteiger partial charge in [-0.15, -0.1) is 9.24 Å². The van der Waals surface area contributed by atoms with Crippen molar-refractivity contribution in [1.82, 2.24) is 0 Å². The second-order valence-corrected chi connectivity index (χ2v) is 17.6. The third-order valence-corrected chi connectivity index (χ3v) is 12.2. The summed E-state index contributed by atoms with van der Waals surface area (Å²) in [7, 11) is 3.44. The van der Waals surface area contributed by atoms with Crippen molar-refractivity contribution in [3.63, 3.8) is 0 Å². The molecule has 1 heteroatoms. The van der Waals surface area contributed by atoms with Gasteiger partial charge in [0.1, 0.15) is 0 Å². The molecule has 1 atom stereocenters. The third kappa shape index (κ3) is 39.1. The van der Waals surface area contributed by atoms with Gasteiger partial charge in [0.25, 0.3) is 0 Å². The van der Waals surface area contributed by atoms with Crippen LogP contribution in [0.1, 0.15) is 290 Å². The van der Waals surface area contributed by atoms with Gasteiger partial charge in [-0.05, 0) is 24.4 Å². The summed E-state index contributed by atoms with van der Waals surface area (Å²) in [5, 5.41) is 0.535. The molecule has 0 aliphatic heterocycles. The summed E-state index contributed by atoms with van der Waals surface area (Å²) < 4.78 is 0. The van der Waals surface area contributed by atoms with E-state index in [1.54, 1.807) is 0 Å². The van der Waals surface area contributed by atoms with Gasteiger partial charge in [-0.25, -0.2) is 0 Å². The van der Waals surface area contributed by atoms with E-state index < -0.39 is 0 Å². The van der Waals surface area contributed by atoms with Crippen molar-refractivity contribution >= 4 is 9.24 Å². The van der Waals surface area contributed by atoms with Crippen molar-refractivity contribution < 1.29 is 0 Å². The molecule has 284 valence electrons. The van der Waals surface area contributed by atoms with Crippen LogP contribution >= 0.6 is 9.24 Å². The molecule has 0 bridgehead atoms. The first-order chi connectivity index (χ1) is 23.2. The molecular weight excluding hydrogens is 583 g/mol. The van der Waals surface area contributed by atoms with Crippen LogP contribution in [-0.2, 0) is 0 Å². The van der Waals surface area contributed by atoms with E-state index in [2.05, 4.69) is 30.0 Å². The minimum Gasteiger partial charge on any atom is -0.131 e. The summed E-state index contributed by atoms with van der Waals surface area (Å²) in [4.78, 5) is 0. The quantitative estimate of drug-likeness (QED) is 0.0445. The van der Waals surface area contributed by atoms with Crippen LogP contribution in [-0.4, -0.2) is 5.16 Å². The van der Waals surface area contributed by atoms with E-state index in [1.807, 2.05) is 0 Å². The largest absolute Gasteiger partial charge is 0.131 e. The van der Waals surface area contributed by atoms with E-state index in [4.69, 9.17) is 0 Å². The van der Waals surface area contributed by atoms with Crippen molar-refractivity contribution in [1.29, 1.82) is 0 Å². The van der Waals surface area contributed by atoms with E-state index in [1.165, 1.54) is 270 Å². The minimum atomic E-state index is 0.535. The van der Waals surface area contributed by atoms with Crippen molar-refractivity contribution in [2.75, 3.05) is 0 Å². The van der Waals surface area contributed by atoms with Gasteiger partial charge in [-0.2, -0.15) is 0 Å². The summed E-state index contributed by atoms with van der Waals surface area (Å²) >= 11 is 0. The first kappa shape index (κ1) is 47.4. The zero-order valence-corrected chi connectivity index (χ0v) is 34.9. The Balaban J connectivity index is 4.05. The highest BCUT2D eigenvalue weighted by atomic mass is 31.0. The van der Waals surface area contributed by atoms with Gasteiger partial charge in [0.05, 0.1) is 0 Å². The Morgan fingerprint density at radius 3 is 0.489 bits per heavy atom. The Labute approximate surface area is 303 Å². The standard InChI is InChI=1S/C46H95P/c1-4-7-10-13-16-19-22-25-26-27-30-33-36-39-42-45-46(47,43-40-37-34-31-28-23-20-17-14-11-8-5-2)44-41-38-35-32-29-24-21-18-15-12-9-6-3/h4-45,47H2,1-3H3. The number of unbranched alkanes of at least 4 members (excludes halogenated alkanes) is 36. The summed E-state index contributed by atoms with van der Waals surface area (Å²) in [5.41, 5.74) is 0. The van der Waals surface area contributed by atoms with E-state index in [0.717, 1.165) is 0 Å². The average molecular weight is 679 g/mol. The molecule has 0 aliphatic carbocycles. The Kier molecular flexibility index (Phi) is 41.2. The molecule has 0 saturated heterocycles. The number of rotatable bonds is 42. The lowest BCUT2D eigenvalue weighted by Crippen LogP contribution is -2.20. The number of hydrogen-bond donors (Lipinski definition) is 0. The molecular formula is C46H95P. The maximum absolute atomic E-state index is 3.44. The molecule has 1 unspecified atom stereocenters. The fourth-order valence-electron chi connectivity index (χ4n) is 7.86. The van der Waals surface area contributed by atoms with Crippen LogP contribution < -0.4 is 0 Å². The predicted octanol–water partition coefficient (Wildman–Crippen LogP) is 18.0. The van der Waals surface area contributed by atoms with Crippen LogP contribution in [0.3, 0.4) is 0 Å². The maximum Gasteiger partial charge on any atom is -0.0150 e. The Hall–Kier alpha value is 0.430. The SMILES string of the molecule is CCCCCCCCCCCCCCCCCC(P)(CCCCCCCCCCCCCC)CCCCCCCCCCCCCC. The third-order valence-electron chi connectivity index (χ3n) is 11.3. The molecule has 0 nitrogen and oxygen atoms in total. The highest BCUT2D eigenvalue weighted by Gasteiger charge is 2.23. The van der Waals surface area contributed by atoms with Crippen LogP contribution in [0, 0.1) is 0 Å². The highest BCUT2D eigenvalue weighted by Crippen LogP contribution is 2.37. The molecule has 0 amide bonds. The van der Waals surface area contributed by atoms with Crippen LogP contribution in [0.25, 0.3) is 0 Å². The van der Waals surface area contributed by atoms with Gasteiger partial charge < -0.3 is 0 Å². The fourth-order valence-corrected chi connectivity index (χ4v) is 8.47. The van der Waals surface area contributed by atoms with E-state index >= 15 is 0 Å². The molecule has 0 radical (unpaired) electrons. The predicted molar refractivity (Wildman–Crippen MR) is 223 cm³/mol. The second-order valence-electron chi connectivity index (χ2n) is 16.3. The minimum absolute atomic E-state index is 0.535. The fraction of sp³-hybridized carbons (Fsp3) is 1.00. The average Bonchev–Trinajstić information content (AvgIpc) is 3.07. The van der Waals surface area contributed by atoms with Gasteiger partial charge in [-0.3, -0.25) is 0 Å². The van der Waals surface area contributed by atoms with Crippen LogP contribution in [0.2, 0.25) is 0 Å². The van der Waals surface area contributed by atoms with Crippen LogP contribution in [0.15, 0.2) is 0 Å². The van der Waals surface area contributed by atoms with Gasteiger partial charge in [-0.1, -0.05) is 271 Å². The number of hydrogen-bond acceptors (Lipinski definition) is 0. The topological polar surface area (TPSA) is 0 Å². The van der Waals surface area contributed by atoms with Gasteiger partial charge in [0.15, 0.2) is 0 Å². The first-order valence-corrected chi connectivity index (χ1v) is 23.5. The van der Waals surface area contributed by atoms with Gasteiger partial charge >= 0.3 is 0 Å². The molecule has 0 rings (SSSR count). The summed E-state index contributed by atoms with van der Waals surface area (Å²) in [6.45, 7) is 6.96. The van der Waals surface area contributed by atoms with Crippen LogP contribution in [0.4, 0.5) is 0 Å². The van der Waals surface area contributed by atoms with E-state index in [9.17, 15) is 0 Å². The van der Waals surface area contributed by atoms with Crippen molar-refractivity contribution in [2.24, 2.45) is 0 Å². The monoisotopic (exact) mass is 679 g/mol. The van der Waals surface area contributed by atoms with Gasteiger partial charge in [0, 0.05) is 0 Å². The lowest BCUT2D eigenvalue weighted by Gasteiger charge is -2.30. The summed E-state index contributed by atoms with van der Waals surface area (Å²) in [5.74, 6) is 0. The lowest BCUT2D eigenvalue weighted by molar-refractivity contribution is 0.401. The zero-order chi connectivity index (χ0) is 34.2.